The van der Waals surface area contributed by atoms with Crippen LogP contribution in [0.5, 0.6) is 5.75 Å². The third-order valence-corrected chi connectivity index (χ3v) is 2.48. The van der Waals surface area contributed by atoms with Crippen LogP contribution in [0, 0.1) is 6.92 Å². The molecule has 1 aromatic carbocycles. The van der Waals surface area contributed by atoms with E-state index in [0.717, 1.165) is 11.3 Å². The molecule has 0 aliphatic carbocycles. The van der Waals surface area contributed by atoms with Crippen molar-refractivity contribution in [1.29, 1.82) is 0 Å². The lowest BCUT2D eigenvalue weighted by molar-refractivity contribution is -0.116. The Morgan fingerprint density at radius 1 is 1.47 bits per heavy atom. The molecule has 4 N–H and O–H groups in total. The van der Waals surface area contributed by atoms with Gasteiger partial charge in [0.1, 0.15) is 5.75 Å². The number of carbonyl (C=O) groups excluding carboxylic acids is 1. The second kappa shape index (κ2) is 5.19. The summed E-state index contributed by atoms with van der Waals surface area (Å²) in [6.45, 7) is 5.63. The fraction of sp³-hybridized carbons (Fsp3) is 0.462. The number of nitrogens with one attached hydrogen (secondary N) is 1. The highest BCUT2D eigenvalue weighted by atomic mass is 16.3. The van der Waals surface area contributed by atoms with E-state index in [1.165, 1.54) is 0 Å². The Balaban J connectivity index is 2.57. The van der Waals surface area contributed by atoms with E-state index in [1.807, 2.05) is 20.8 Å². The molecule has 0 saturated carbocycles. The third kappa shape index (κ3) is 4.87. The van der Waals surface area contributed by atoms with Crippen molar-refractivity contribution >= 4 is 11.6 Å². The number of aromatic hydroxyl groups is 1. The summed E-state index contributed by atoms with van der Waals surface area (Å²) in [5.41, 5.74) is 7.04. The number of carbonyl (C=O) groups is 1. The topological polar surface area (TPSA) is 75.3 Å². The van der Waals surface area contributed by atoms with Gasteiger partial charge < -0.3 is 16.2 Å². The minimum absolute atomic E-state index is 0.0580. The first kappa shape index (κ1) is 13.5. The fourth-order valence-electron chi connectivity index (χ4n) is 1.44. The molecule has 17 heavy (non-hydrogen) atoms. The van der Waals surface area contributed by atoms with Gasteiger partial charge in [0.25, 0.3) is 0 Å². The van der Waals surface area contributed by atoms with Crippen molar-refractivity contribution in [2.45, 2.75) is 39.2 Å². The number of hydrogen-bond donors (Lipinski definition) is 3. The van der Waals surface area contributed by atoms with Gasteiger partial charge in [0.05, 0.1) is 0 Å². The summed E-state index contributed by atoms with van der Waals surface area (Å²) in [6, 6.07) is 4.86. The molecular formula is C13H20N2O2. The van der Waals surface area contributed by atoms with Crippen molar-refractivity contribution in [3.8, 4) is 5.75 Å². The average Bonchev–Trinajstić information content (AvgIpc) is 2.18. The summed E-state index contributed by atoms with van der Waals surface area (Å²) >= 11 is 0. The third-order valence-electron chi connectivity index (χ3n) is 2.48. The molecule has 1 rings (SSSR count). The second-order valence-corrected chi connectivity index (χ2v) is 5.04. The van der Waals surface area contributed by atoms with Gasteiger partial charge in [0.2, 0.25) is 5.91 Å². The van der Waals surface area contributed by atoms with E-state index in [-0.39, 0.29) is 17.2 Å². The van der Waals surface area contributed by atoms with Gasteiger partial charge in [-0.15, -0.1) is 0 Å². The van der Waals surface area contributed by atoms with Crippen LogP contribution in [-0.4, -0.2) is 16.6 Å². The zero-order valence-corrected chi connectivity index (χ0v) is 10.6. The normalized spacial score (nSPS) is 11.3. The molecule has 4 nitrogen and oxygen atoms in total. The first-order chi connectivity index (χ1) is 7.78. The van der Waals surface area contributed by atoms with E-state index in [4.69, 9.17) is 5.73 Å². The smallest absolute Gasteiger partial charge is 0.224 e. The second-order valence-electron chi connectivity index (χ2n) is 5.04. The van der Waals surface area contributed by atoms with Crippen LogP contribution in [-0.2, 0) is 4.79 Å². The molecule has 0 atom stereocenters. The highest BCUT2D eigenvalue weighted by molar-refractivity contribution is 5.91. The number of hydrogen-bond acceptors (Lipinski definition) is 3. The number of aryl methyl sites for hydroxylation is 1. The van der Waals surface area contributed by atoms with Gasteiger partial charge in [0.15, 0.2) is 0 Å². The summed E-state index contributed by atoms with van der Waals surface area (Å²) in [7, 11) is 0. The molecule has 4 heteroatoms. The standard InChI is InChI=1S/C13H20N2O2/c1-9-8-10(16)4-5-11(9)15-12(17)6-7-13(2,3)14/h4-5,8,16H,6-7,14H2,1-3H3,(H,15,17). The minimum atomic E-state index is -0.332. The molecule has 94 valence electrons. The van der Waals surface area contributed by atoms with Crippen molar-refractivity contribution < 1.29 is 9.90 Å². The molecule has 0 radical (unpaired) electrons. The summed E-state index contributed by atoms with van der Waals surface area (Å²) in [5.74, 6) is 0.140. The molecule has 0 unspecified atom stereocenters. The molecule has 0 aliphatic heterocycles. The predicted octanol–water partition coefficient (Wildman–Crippen LogP) is 2.16. The van der Waals surface area contributed by atoms with Crippen LogP contribution in [0.3, 0.4) is 0 Å². The van der Waals surface area contributed by atoms with Crippen LogP contribution < -0.4 is 11.1 Å². The van der Waals surface area contributed by atoms with E-state index in [9.17, 15) is 9.90 Å². The zero-order valence-electron chi connectivity index (χ0n) is 10.6. The van der Waals surface area contributed by atoms with E-state index in [2.05, 4.69) is 5.32 Å². The maximum absolute atomic E-state index is 11.7. The molecular weight excluding hydrogens is 216 g/mol. The number of rotatable bonds is 4. The lowest BCUT2D eigenvalue weighted by atomic mass is 10.00. The van der Waals surface area contributed by atoms with Crippen LogP contribution in [0.4, 0.5) is 5.69 Å². The van der Waals surface area contributed by atoms with Gasteiger partial charge in [-0.2, -0.15) is 0 Å². The maximum Gasteiger partial charge on any atom is 0.224 e. The molecule has 0 saturated heterocycles. The predicted molar refractivity (Wildman–Crippen MR) is 69.0 cm³/mol. The number of nitrogens with two attached hydrogens (primary N) is 1. The fourth-order valence-corrected chi connectivity index (χ4v) is 1.44. The minimum Gasteiger partial charge on any atom is -0.508 e. The number of anilines is 1. The van der Waals surface area contributed by atoms with Crippen LogP contribution in [0.25, 0.3) is 0 Å². The van der Waals surface area contributed by atoms with Crippen molar-refractivity contribution in [3.63, 3.8) is 0 Å². The van der Waals surface area contributed by atoms with E-state index in [1.54, 1.807) is 18.2 Å². The Morgan fingerprint density at radius 2 is 2.12 bits per heavy atom. The van der Waals surface area contributed by atoms with E-state index < -0.39 is 0 Å². The number of amides is 1. The van der Waals surface area contributed by atoms with Crippen LogP contribution in [0.1, 0.15) is 32.3 Å². The Kier molecular flexibility index (Phi) is 4.12. The van der Waals surface area contributed by atoms with Gasteiger partial charge in [-0.3, -0.25) is 4.79 Å². The Labute approximate surface area is 102 Å². The zero-order chi connectivity index (χ0) is 13.1. The number of phenolic OH excluding ortho intramolecular Hbond substituents is 1. The van der Waals surface area contributed by atoms with Crippen molar-refractivity contribution in [2.24, 2.45) is 5.73 Å². The molecule has 0 spiro atoms. The molecule has 0 heterocycles. The summed E-state index contributed by atoms with van der Waals surface area (Å²) in [6.07, 6.45) is 1.03. The SMILES string of the molecule is Cc1cc(O)ccc1NC(=O)CCC(C)(C)N. The average molecular weight is 236 g/mol. The van der Waals surface area contributed by atoms with Gasteiger partial charge in [-0.25, -0.2) is 0 Å². The Hall–Kier alpha value is -1.55. The number of benzene rings is 1. The highest BCUT2D eigenvalue weighted by Gasteiger charge is 2.13. The Bertz CT molecular complexity index is 408. The molecule has 0 bridgehead atoms. The van der Waals surface area contributed by atoms with Crippen molar-refractivity contribution in [3.05, 3.63) is 23.8 Å². The highest BCUT2D eigenvalue weighted by Crippen LogP contribution is 2.20. The van der Waals surface area contributed by atoms with Gasteiger partial charge in [0, 0.05) is 17.6 Å². The van der Waals surface area contributed by atoms with Crippen LogP contribution in [0.2, 0.25) is 0 Å². The van der Waals surface area contributed by atoms with E-state index >= 15 is 0 Å². The van der Waals surface area contributed by atoms with Gasteiger partial charge >= 0.3 is 0 Å². The first-order valence-electron chi connectivity index (χ1n) is 5.66. The Morgan fingerprint density at radius 3 is 2.65 bits per heavy atom. The summed E-state index contributed by atoms with van der Waals surface area (Å²) in [4.78, 5) is 11.7. The summed E-state index contributed by atoms with van der Waals surface area (Å²) < 4.78 is 0. The van der Waals surface area contributed by atoms with Crippen molar-refractivity contribution in [1.82, 2.24) is 0 Å². The lowest BCUT2D eigenvalue weighted by Gasteiger charge is -2.17. The van der Waals surface area contributed by atoms with Gasteiger partial charge in [-0.1, -0.05) is 0 Å². The van der Waals surface area contributed by atoms with Crippen LogP contribution >= 0.6 is 0 Å². The van der Waals surface area contributed by atoms with Crippen molar-refractivity contribution in [2.75, 3.05) is 5.32 Å². The lowest BCUT2D eigenvalue weighted by Crippen LogP contribution is -2.33. The molecule has 1 aromatic rings. The molecule has 0 aromatic heterocycles. The molecule has 0 aliphatic rings. The number of phenols is 1. The first-order valence-corrected chi connectivity index (χ1v) is 5.66. The summed E-state index contributed by atoms with van der Waals surface area (Å²) in [5, 5.41) is 12.1. The largest absolute Gasteiger partial charge is 0.508 e. The maximum atomic E-state index is 11.7. The molecule has 1 amide bonds. The van der Waals surface area contributed by atoms with Gasteiger partial charge in [-0.05, 0) is 51.0 Å². The van der Waals surface area contributed by atoms with E-state index in [0.29, 0.717) is 12.8 Å². The quantitative estimate of drug-likeness (QED) is 0.701. The molecule has 0 fully saturated rings. The van der Waals surface area contributed by atoms with Crippen LogP contribution in [0.15, 0.2) is 18.2 Å². The monoisotopic (exact) mass is 236 g/mol.